The number of aromatic hydroxyl groups is 2. The van der Waals surface area contributed by atoms with Gasteiger partial charge in [0.05, 0.1) is 5.30 Å². The van der Waals surface area contributed by atoms with Crippen LogP contribution in [0.25, 0.3) is 0 Å². The number of phenols is 2. The van der Waals surface area contributed by atoms with E-state index < -0.39 is 7.60 Å². The Morgan fingerprint density at radius 2 is 1.19 bits per heavy atom. The van der Waals surface area contributed by atoms with Gasteiger partial charge in [-0.05, 0) is 95.9 Å². The van der Waals surface area contributed by atoms with Crippen LogP contribution in [0.15, 0.2) is 121 Å². The summed E-state index contributed by atoms with van der Waals surface area (Å²) in [7, 11) is -4.37. The smallest absolute Gasteiger partial charge is 1.00 e. The maximum absolute atomic E-state index is 12.8. The van der Waals surface area contributed by atoms with Crippen molar-refractivity contribution in [3.05, 3.63) is 149 Å². The van der Waals surface area contributed by atoms with Gasteiger partial charge in [-0.1, -0.05) is 48.5 Å². The summed E-state index contributed by atoms with van der Waals surface area (Å²) < 4.78 is 17.4. The fraction of sp³-hybridized carbons (Fsp3) is 0.0606. The Balaban J connectivity index is 0.00000253. The summed E-state index contributed by atoms with van der Waals surface area (Å²) >= 11 is 0. The fourth-order valence-electron chi connectivity index (χ4n) is 4.60. The number of benzene rings is 5. The number of carbonyl (C=O) groups excluding carboxylic acids is 1. The standard InChI is InChI=1S/C33H27O7P.K.H/c34-27-12-4-23(5-13-27)32(24-6-14-28(35)15-7-24)21-22-2-1-3-30(20-22)40-29-16-8-25(9-17-29)33(36)26-10-18-31(19-11-26)41(37,38)39;;/h1-20,32,34-35H,21H2,(H2,37,38,39);;/q;+1;-1. The van der Waals surface area contributed by atoms with Crippen LogP contribution in [0.5, 0.6) is 23.0 Å². The molecule has 4 N–H and O–H groups in total. The van der Waals surface area contributed by atoms with Crippen LogP contribution in [0.4, 0.5) is 0 Å². The van der Waals surface area contributed by atoms with Crippen LogP contribution in [0.3, 0.4) is 0 Å². The molecule has 0 spiro atoms. The molecular formula is C33H28KO7P. The summed E-state index contributed by atoms with van der Waals surface area (Å²) in [5, 5.41) is 19.4. The van der Waals surface area contributed by atoms with Gasteiger partial charge in [0.25, 0.3) is 0 Å². The molecule has 0 atom stereocenters. The fourth-order valence-corrected chi connectivity index (χ4v) is 5.13. The Hall–Kier alpha value is -3.04. The van der Waals surface area contributed by atoms with Gasteiger partial charge in [-0.3, -0.25) is 9.36 Å². The molecule has 5 rings (SSSR count). The average molecular weight is 607 g/mol. The molecule has 0 radical (unpaired) electrons. The Morgan fingerprint density at radius 1 is 0.690 bits per heavy atom. The van der Waals surface area contributed by atoms with Crippen LogP contribution < -0.4 is 61.4 Å². The van der Waals surface area contributed by atoms with E-state index in [9.17, 15) is 29.4 Å². The van der Waals surface area contributed by atoms with E-state index in [0.29, 0.717) is 29.0 Å². The number of rotatable bonds is 9. The number of hydrogen-bond acceptors (Lipinski definition) is 5. The van der Waals surface area contributed by atoms with Crippen molar-refractivity contribution in [3.63, 3.8) is 0 Å². The molecule has 9 heteroatoms. The van der Waals surface area contributed by atoms with Crippen molar-refractivity contribution >= 4 is 18.7 Å². The molecule has 0 amide bonds. The average Bonchev–Trinajstić information content (AvgIpc) is 2.97. The van der Waals surface area contributed by atoms with E-state index in [1.165, 1.54) is 24.3 Å². The Kier molecular flexibility index (Phi) is 10.6. The quantitative estimate of drug-likeness (QED) is 0.115. The molecule has 7 nitrogen and oxygen atoms in total. The molecule has 5 aromatic carbocycles. The van der Waals surface area contributed by atoms with Crippen molar-refractivity contribution < 1.29 is 86.9 Å². The van der Waals surface area contributed by atoms with Crippen molar-refractivity contribution in [2.24, 2.45) is 0 Å². The molecule has 0 saturated carbocycles. The molecule has 0 aromatic heterocycles. The first-order valence-electron chi connectivity index (χ1n) is 12.8. The van der Waals surface area contributed by atoms with Gasteiger partial charge in [0.15, 0.2) is 5.78 Å². The zero-order chi connectivity index (χ0) is 29.0. The van der Waals surface area contributed by atoms with Crippen LogP contribution in [0.2, 0.25) is 0 Å². The molecule has 5 aromatic rings. The normalized spacial score (nSPS) is 11.1. The van der Waals surface area contributed by atoms with Gasteiger partial charge < -0.3 is 26.2 Å². The van der Waals surface area contributed by atoms with E-state index in [4.69, 9.17) is 4.74 Å². The maximum atomic E-state index is 12.8. The zero-order valence-corrected chi connectivity index (χ0v) is 26.8. The van der Waals surface area contributed by atoms with Gasteiger partial charge in [0, 0.05) is 17.0 Å². The molecule has 0 heterocycles. The zero-order valence-electron chi connectivity index (χ0n) is 23.8. The molecule has 0 aliphatic carbocycles. The topological polar surface area (TPSA) is 124 Å². The Labute approximate surface area is 287 Å². The number of ketones is 1. The molecule has 42 heavy (non-hydrogen) atoms. The number of hydrogen-bond donors (Lipinski definition) is 4. The minimum Gasteiger partial charge on any atom is -1.00 e. The van der Waals surface area contributed by atoms with Crippen molar-refractivity contribution in [1.29, 1.82) is 0 Å². The van der Waals surface area contributed by atoms with Gasteiger partial charge in [0.1, 0.15) is 23.0 Å². The summed E-state index contributed by atoms with van der Waals surface area (Å²) in [6.45, 7) is 0. The van der Waals surface area contributed by atoms with Gasteiger partial charge in [-0.15, -0.1) is 0 Å². The number of carbonyl (C=O) groups is 1. The summed E-state index contributed by atoms with van der Waals surface area (Å²) in [5.74, 6) is 1.27. The first kappa shape index (κ1) is 31.9. The van der Waals surface area contributed by atoms with Crippen molar-refractivity contribution in [2.45, 2.75) is 12.3 Å². The third-order valence-electron chi connectivity index (χ3n) is 6.75. The Morgan fingerprint density at radius 3 is 1.69 bits per heavy atom. The molecule has 0 aliphatic rings. The number of phenolic OH excluding ortho intramolecular Hbond substituents is 2. The third-order valence-corrected chi connectivity index (χ3v) is 7.72. The largest absolute Gasteiger partial charge is 1.00 e. The summed E-state index contributed by atoms with van der Waals surface area (Å²) in [5.41, 5.74) is 3.81. The van der Waals surface area contributed by atoms with E-state index >= 15 is 0 Å². The van der Waals surface area contributed by atoms with Crippen molar-refractivity contribution in [1.82, 2.24) is 0 Å². The van der Waals surface area contributed by atoms with Crippen molar-refractivity contribution in [2.75, 3.05) is 0 Å². The van der Waals surface area contributed by atoms with Crippen LogP contribution in [0.1, 0.15) is 40.0 Å². The molecule has 0 aliphatic heterocycles. The van der Waals surface area contributed by atoms with E-state index in [-0.39, 0.29) is 81.3 Å². The van der Waals surface area contributed by atoms with Gasteiger partial charge in [0.2, 0.25) is 0 Å². The SMILES string of the molecule is O=C(c1ccc(Oc2cccc(CC(c3ccc(O)cc3)c3ccc(O)cc3)c2)cc1)c1ccc(P(=O)(O)O)cc1.[H-].[K+]. The first-order chi connectivity index (χ1) is 19.7. The molecule has 0 bridgehead atoms. The van der Waals surface area contributed by atoms with Gasteiger partial charge in [-0.25, -0.2) is 0 Å². The minimum absolute atomic E-state index is 0. The van der Waals surface area contributed by atoms with E-state index in [0.717, 1.165) is 16.7 Å². The maximum Gasteiger partial charge on any atom is 1.00 e. The Bertz CT molecular complexity index is 1660. The van der Waals surface area contributed by atoms with Crippen LogP contribution in [0, 0.1) is 0 Å². The van der Waals surface area contributed by atoms with Gasteiger partial charge in [-0.2, -0.15) is 0 Å². The summed E-state index contributed by atoms with van der Waals surface area (Å²) in [6, 6.07) is 33.9. The van der Waals surface area contributed by atoms with Crippen LogP contribution in [-0.2, 0) is 11.0 Å². The van der Waals surface area contributed by atoms with E-state index in [2.05, 4.69) is 0 Å². The van der Waals surface area contributed by atoms with Crippen LogP contribution >= 0.6 is 7.60 Å². The van der Waals surface area contributed by atoms with Crippen LogP contribution in [-0.4, -0.2) is 25.8 Å². The second-order valence-electron chi connectivity index (χ2n) is 9.63. The van der Waals surface area contributed by atoms with E-state index in [1.807, 2.05) is 48.5 Å². The second-order valence-corrected chi connectivity index (χ2v) is 11.2. The monoisotopic (exact) mass is 606 g/mol. The molecule has 0 saturated heterocycles. The molecular weight excluding hydrogens is 578 g/mol. The molecule has 208 valence electrons. The number of ether oxygens (including phenoxy) is 1. The van der Waals surface area contributed by atoms with E-state index in [1.54, 1.807) is 48.5 Å². The predicted molar refractivity (Wildman–Crippen MR) is 157 cm³/mol. The summed E-state index contributed by atoms with van der Waals surface area (Å²) in [6.07, 6.45) is 0.654. The van der Waals surface area contributed by atoms with Gasteiger partial charge >= 0.3 is 59.0 Å². The minimum atomic E-state index is -4.37. The predicted octanol–water partition coefficient (Wildman–Crippen LogP) is 3.42. The third kappa shape index (κ3) is 8.07. The molecule has 0 unspecified atom stereocenters. The molecule has 0 fully saturated rings. The second kappa shape index (κ2) is 14.0. The van der Waals surface area contributed by atoms with Crippen molar-refractivity contribution in [3.8, 4) is 23.0 Å². The summed E-state index contributed by atoms with van der Waals surface area (Å²) in [4.78, 5) is 31.4. The first-order valence-corrected chi connectivity index (χ1v) is 14.4.